The monoisotopic (exact) mass is 612 g/mol. The van der Waals surface area contributed by atoms with E-state index in [1.54, 1.807) is 12.1 Å². The van der Waals surface area contributed by atoms with Gasteiger partial charge >= 0.3 is 6.01 Å². The van der Waals surface area contributed by atoms with E-state index in [0.717, 1.165) is 19.4 Å². The molecule has 11 heteroatoms. The average Bonchev–Trinajstić information content (AvgIpc) is 3.56. The van der Waals surface area contributed by atoms with Gasteiger partial charge in [0.2, 0.25) is 0 Å². The number of nitrogens with zero attached hydrogens (tertiary/aromatic N) is 5. The second-order valence-electron chi connectivity index (χ2n) is 12.1. The second-order valence-corrected chi connectivity index (χ2v) is 12.1. The molecular weight excluding hydrogens is 581 g/mol. The van der Waals surface area contributed by atoms with Crippen LogP contribution in [-0.2, 0) is 0 Å². The van der Waals surface area contributed by atoms with E-state index >= 15 is 4.39 Å². The molecule has 4 heterocycles. The Labute approximate surface area is 258 Å². The van der Waals surface area contributed by atoms with Crippen LogP contribution in [0.2, 0.25) is 0 Å². The van der Waals surface area contributed by atoms with Crippen molar-refractivity contribution in [1.82, 2.24) is 20.2 Å². The maximum Gasteiger partial charge on any atom is 0.319 e. The normalized spacial score (nSPS) is 23.3. The molecule has 0 aliphatic carbocycles. The number of halogens is 3. The molecule has 3 aliphatic rings. The Balaban J connectivity index is 1.37. The molecule has 2 N–H and O–H groups in total. The third kappa shape index (κ3) is 5.06. The molecule has 0 spiro atoms. The number of rotatable bonds is 6. The molecule has 0 unspecified atom stereocenters. The number of ether oxygens (including phenoxy) is 1. The smallest absolute Gasteiger partial charge is 0.319 e. The molecule has 7 rings (SSSR count). The third-order valence-electron chi connectivity index (χ3n) is 9.38. The van der Waals surface area contributed by atoms with Gasteiger partial charge in [-0.3, -0.25) is 4.90 Å². The molecule has 0 saturated carbocycles. The molecule has 230 valence electrons. The van der Waals surface area contributed by atoms with Gasteiger partial charge < -0.3 is 20.1 Å². The summed E-state index contributed by atoms with van der Waals surface area (Å²) in [5, 5.41) is 24.3. The van der Waals surface area contributed by atoms with Crippen LogP contribution in [0.15, 0.2) is 36.4 Å². The third-order valence-corrected chi connectivity index (χ3v) is 9.38. The van der Waals surface area contributed by atoms with Gasteiger partial charge in [-0.2, -0.15) is 15.2 Å². The zero-order valence-electron chi connectivity index (χ0n) is 24.5. The molecule has 3 saturated heterocycles. The number of piperazine rings is 1. The van der Waals surface area contributed by atoms with Crippen molar-refractivity contribution in [3.8, 4) is 41.3 Å². The summed E-state index contributed by atoms with van der Waals surface area (Å²) in [5.74, 6) is 1.35. The number of aromatic hydroxyl groups is 1. The Morgan fingerprint density at radius 3 is 2.82 bits per heavy atom. The number of benzene rings is 3. The summed E-state index contributed by atoms with van der Waals surface area (Å²) in [6, 6.07) is 10.8. The predicted molar refractivity (Wildman–Crippen MR) is 165 cm³/mol. The maximum absolute atomic E-state index is 16.8. The second kappa shape index (κ2) is 11.4. The van der Waals surface area contributed by atoms with Gasteiger partial charge in [-0.1, -0.05) is 18.1 Å². The van der Waals surface area contributed by atoms with Crippen molar-refractivity contribution in [2.24, 2.45) is 0 Å². The van der Waals surface area contributed by atoms with Crippen LogP contribution in [0.25, 0.3) is 32.8 Å². The molecule has 0 radical (unpaired) electrons. The van der Waals surface area contributed by atoms with Gasteiger partial charge in [0.05, 0.1) is 23.6 Å². The number of phenols is 1. The Morgan fingerprint density at radius 2 is 2.00 bits per heavy atom. The van der Waals surface area contributed by atoms with E-state index in [1.807, 2.05) is 4.90 Å². The number of aromatic nitrogens is 2. The fourth-order valence-corrected chi connectivity index (χ4v) is 7.33. The van der Waals surface area contributed by atoms with E-state index in [9.17, 15) is 19.1 Å². The van der Waals surface area contributed by atoms with Gasteiger partial charge in [0.25, 0.3) is 0 Å². The molecular formula is C34H31F3N6O2. The van der Waals surface area contributed by atoms with Crippen molar-refractivity contribution < 1.29 is 23.0 Å². The minimum absolute atomic E-state index is 0.0198. The first-order valence-corrected chi connectivity index (χ1v) is 15.1. The molecule has 3 aromatic carbocycles. The van der Waals surface area contributed by atoms with E-state index in [-0.39, 0.29) is 46.6 Å². The number of terminal acetylenes is 1. The van der Waals surface area contributed by atoms with Crippen molar-refractivity contribution in [3.05, 3.63) is 53.6 Å². The molecule has 3 fully saturated rings. The van der Waals surface area contributed by atoms with Gasteiger partial charge in [-0.05, 0) is 54.6 Å². The van der Waals surface area contributed by atoms with Crippen LogP contribution in [-0.4, -0.2) is 77.1 Å². The highest BCUT2D eigenvalue weighted by Crippen LogP contribution is 2.42. The summed E-state index contributed by atoms with van der Waals surface area (Å²) in [4.78, 5) is 13.4. The van der Waals surface area contributed by atoms with Gasteiger partial charge in [0.1, 0.15) is 35.7 Å². The van der Waals surface area contributed by atoms with E-state index < -0.39 is 23.3 Å². The summed E-state index contributed by atoms with van der Waals surface area (Å²) < 4.78 is 52.2. The number of alkyl halides is 1. The summed E-state index contributed by atoms with van der Waals surface area (Å²) in [6.07, 6.45) is 7.12. The number of fused-ring (bicyclic) bond motifs is 3. The van der Waals surface area contributed by atoms with Crippen LogP contribution >= 0.6 is 0 Å². The van der Waals surface area contributed by atoms with E-state index in [2.05, 4.69) is 27.2 Å². The molecule has 3 atom stereocenters. The fourth-order valence-electron chi connectivity index (χ4n) is 7.33. The van der Waals surface area contributed by atoms with E-state index in [1.165, 1.54) is 24.3 Å². The molecule has 8 nitrogen and oxygen atoms in total. The van der Waals surface area contributed by atoms with Crippen LogP contribution in [0.1, 0.15) is 31.2 Å². The van der Waals surface area contributed by atoms with E-state index in [0.29, 0.717) is 61.0 Å². The topological polar surface area (TPSA) is 97.5 Å². The first-order chi connectivity index (χ1) is 21.8. The Bertz CT molecular complexity index is 1910. The Morgan fingerprint density at radius 1 is 1.13 bits per heavy atom. The van der Waals surface area contributed by atoms with Gasteiger partial charge in [0.15, 0.2) is 5.82 Å². The number of nitrogens with one attached hydrogen (secondary N) is 1. The highest BCUT2D eigenvalue weighted by molar-refractivity contribution is 6.04. The van der Waals surface area contributed by atoms with Crippen LogP contribution in [0.5, 0.6) is 11.8 Å². The molecule has 0 amide bonds. The zero-order chi connectivity index (χ0) is 31.3. The summed E-state index contributed by atoms with van der Waals surface area (Å²) in [7, 11) is 0. The lowest BCUT2D eigenvalue weighted by Gasteiger charge is -2.34. The SMILES string of the molecule is C#Cc1c(F)ccc2cc(O)cc(-c3ccc4c(N5CCN[C@@H](CC#N)C5)nc(OC[C@@]56CCCN5C[C@H](F)C6)nc4c3F)c12. The largest absolute Gasteiger partial charge is 0.508 e. The standard InChI is InChI=1S/C34H31F3N6O2/c1-2-24-28(36)7-4-20-14-23(44)15-27(29(20)24)25-5-6-26-31(30(25)37)40-33(41-32(26)42-13-11-39-22(18-42)8-10-38)45-19-34-9-3-12-43(34)17-21(35)16-34/h1,4-7,14-15,21-22,39,44H,3,8-9,11-13,16-19H2/t21-,22+,34+/m1/s1. The molecule has 3 aliphatic heterocycles. The first kappa shape index (κ1) is 29.1. The maximum atomic E-state index is 16.8. The van der Waals surface area contributed by atoms with Crippen molar-refractivity contribution >= 4 is 27.5 Å². The number of hydrogen-bond donors (Lipinski definition) is 2. The molecule has 0 bridgehead atoms. The number of nitriles is 1. The number of phenolic OH excluding ortho intramolecular Hbond substituents is 1. The van der Waals surface area contributed by atoms with Gasteiger partial charge in [-0.25, -0.2) is 13.2 Å². The van der Waals surface area contributed by atoms with E-state index in [4.69, 9.17) is 16.1 Å². The molecule has 1 aromatic heterocycles. The van der Waals surface area contributed by atoms with Crippen LogP contribution in [0.3, 0.4) is 0 Å². The lowest BCUT2D eigenvalue weighted by Crippen LogP contribution is -2.51. The molecule has 4 aromatic rings. The van der Waals surface area contributed by atoms with Gasteiger partial charge in [-0.15, -0.1) is 6.42 Å². The minimum atomic E-state index is -0.935. The van der Waals surface area contributed by atoms with Crippen LogP contribution in [0, 0.1) is 35.3 Å². The highest BCUT2D eigenvalue weighted by atomic mass is 19.1. The van der Waals surface area contributed by atoms with Crippen molar-refractivity contribution in [3.63, 3.8) is 0 Å². The first-order valence-electron chi connectivity index (χ1n) is 15.1. The fraction of sp³-hybridized carbons (Fsp3) is 0.382. The predicted octanol–water partition coefficient (Wildman–Crippen LogP) is 5.06. The number of anilines is 1. The summed E-state index contributed by atoms with van der Waals surface area (Å²) in [5.41, 5.74) is -0.228. The van der Waals surface area contributed by atoms with Crippen molar-refractivity contribution in [2.45, 2.75) is 43.4 Å². The quantitative estimate of drug-likeness (QED) is 0.292. The Hall–Kier alpha value is -4.58. The summed E-state index contributed by atoms with van der Waals surface area (Å²) in [6.45, 7) is 2.95. The summed E-state index contributed by atoms with van der Waals surface area (Å²) >= 11 is 0. The average molecular weight is 613 g/mol. The molecule has 45 heavy (non-hydrogen) atoms. The van der Waals surface area contributed by atoms with Gasteiger partial charge in [0, 0.05) is 55.0 Å². The van der Waals surface area contributed by atoms with Crippen molar-refractivity contribution in [1.29, 1.82) is 5.26 Å². The lowest BCUT2D eigenvalue weighted by atomic mass is 9.93. The van der Waals surface area contributed by atoms with Crippen molar-refractivity contribution in [2.75, 3.05) is 44.2 Å². The highest BCUT2D eigenvalue weighted by Gasteiger charge is 2.49. The zero-order valence-corrected chi connectivity index (χ0v) is 24.5. The van der Waals surface area contributed by atoms with Crippen LogP contribution in [0.4, 0.5) is 19.0 Å². The lowest BCUT2D eigenvalue weighted by molar-refractivity contribution is 0.107. The number of hydrogen-bond acceptors (Lipinski definition) is 8. The Kier molecular flexibility index (Phi) is 7.39. The van der Waals surface area contributed by atoms with Crippen LogP contribution < -0.4 is 15.0 Å². The minimum Gasteiger partial charge on any atom is -0.508 e.